The molecule has 4 heteroatoms. The van der Waals surface area contributed by atoms with Crippen molar-refractivity contribution in [2.45, 2.75) is 6.92 Å². The Hall–Kier alpha value is -1.71. The molecule has 0 aliphatic carbocycles. The first-order chi connectivity index (χ1) is 7.09. The number of rotatable bonds is 1. The van der Waals surface area contributed by atoms with Crippen molar-refractivity contribution in [2.24, 2.45) is 7.05 Å². The molecule has 1 heterocycles. The first-order valence-electron chi connectivity index (χ1n) is 4.59. The maximum Gasteiger partial charge on any atom is 0.195 e. The van der Waals surface area contributed by atoms with E-state index < -0.39 is 11.6 Å². The lowest BCUT2D eigenvalue weighted by Gasteiger charge is -2.05. The van der Waals surface area contributed by atoms with Crippen molar-refractivity contribution in [1.29, 1.82) is 0 Å². The highest BCUT2D eigenvalue weighted by atomic mass is 19.2. The van der Waals surface area contributed by atoms with E-state index in [4.69, 9.17) is 0 Å². The molecule has 78 valence electrons. The summed E-state index contributed by atoms with van der Waals surface area (Å²) in [4.78, 5) is 0. The summed E-state index contributed by atoms with van der Waals surface area (Å²) < 4.78 is 29.5. The summed E-state index contributed by atoms with van der Waals surface area (Å²) in [5, 5.41) is 0. The van der Waals surface area contributed by atoms with E-state index in [1.807, 2.05) is 19.3 Å². The summed E-state index contributed by atoms with van der Waals surface area (Å²) in [6.07, 6.45) is 3.63. The van der Waals surface area contributed by atoms with Crippen LogP contribution < -0.4 is 4.68 Å². The fraction of sp³-hybridized carbons (Fsp3) is 0.182. The monoisotopic (exact) mass is 209 g/mol. The van der Waals surface area contributed by atoms with Gasteiger partial charge in [-0.3, -0.25) is 0 Å². The summed E-state index contributed by atoms with van der Waals surface area (Å²) in [5.41, 5.74) is 1.34. The normalized spacial score (nSPS) is 10.7. The van der Waals surface area contributed by atoms with E-state index in [1.165, 1.54) is 12.1 Å². The minimum absolute atomic E-state index is 0.640. The molecule has 2 rings (SSSR count). The summed E-state index contributed by atoms with van der Waals surface area (Å²) in [6.45, 7) is 1.75. The van der Waals surface area contributed by atoms with Crippen LogP contribution in [0.2, 0.25) is 0 Å². The summed E-state index contributed by atoms with van der Waals surface area (Å²) in [5.74, 6) is -1.64. The highest BCUT2D eigenvalue weighted by molar-refractivity contribution is 5.39. The van der Waals surface area contributed by atoms with Gasteiger partial charge in [0.15, 0.2) is 24.9 Å². The third kappa shape index (κ3) is 1.63. The van der Waals surface area contributed by atoms with Crippen molar-refractivity contribution in [3.63, 3.8) is 0 Å². The van der Waals surface area contributed by atoms with E-state index in [-0.39, 0.29) is 0 Å². The van der Waals surface area contributed by atoms with Crippen molar-refractivity contribution >= 4 is 0 Å². The van der Waals surface area contributed by atoms with Gasteiger partial charge < -0.3 is 0 Å². The zero-order valence-corrected chi connectivity index (χ0v) is 8.54. The average molecular weight is 209 g/mol. The average Bonchev–Trinajstić information content (AvgIpc) is 2.58. The SMILES string of the molecule is Cc1cc(F)c(F)cc1-n1ccc[n+]1C. The van der Waals surface area contributed by atoms with Gasteiger partial charge in [0, 0.05) is 12.1 Å². The summed E-state index contributed by atoms with van der Waals surface area (Å²) in [6, 6.07) is 4.23. The molecule has 1 aromatic heterocycles. The van der Waals surface area contributed by atoms with Crippen molar-refractivity contribution in [1.82, 2.24) is 4.68 Å². The molecular weight excluding hydrogens is 198 g/mol. The van der Waals surface area contributed by atoms with Crippen LogP contribution >= 0.6 is 0 Å². The number of aromatic nitrogens is 2. The first kappa shape index (κ1) is 9.83. The topological polar surface area (TPSA) is 8.81 Å². The number of nitrogens with zero attached hydrogens (tertiary/aromatic N) is 2. The Balaban J connectivity index is 2.64. The molecular formula is C11H11F2N2+. The molecule has 2 nitrogen and oxygen atoms in total. The van der Waals surface area contributed by atoms with Crippen LogP contribution in [0.15, 0.2) is 30.6 Å². The van der Waals surface area contributed by atoms with Gasteiger partial charge in [0.2, 0.25) is 0 Å². The molecule has 0 aliphatic rings. The van der Waals surface area contributed by atoms with Gasteiger partial charge >= 0.3 is 0 Å². The van der Waals surface area contributed by atoms with Gasteiger partial charge in [0.05, 0.1) is 6.20 Å². The van der Waals surface area contributed by atoms with E-state index in [1.54, 1.807) is 22.5 Å². The van der Waals surface area contributed by atoms with E-state index >= 15 is 0 Å². The summed E-state index contributed by atoms with van der Waals surface area (Å²) in [7, 11) is 1.83. The van der Waals surface area contributed by atoms with Crippen LogP contribution in [0.3, 0.4) is 0 Å². The second-order valence-corrected chi connectivity index (χ2v) is 3.46. The second kappa shape index (κ2) is 3.46. The Morgan fingerprint density at radius 2 is 1.87 bits per heavy atom. The fourth-order valence-electron chi connectivity index (χ4n) is 1.55. The number of hydrogen-bond acceptors (Lipinski definition) is 0. The van der Waals surface area contributed by atoms with Gasteiger partial charge in [0.1, 0.15) is 5.69 Å². The van der Waals surface area contributed by atoms with Crippen LogP contribution in [0, 0.1) is 18.6 Å². The van der Waals surface area contributed by atoms with Gasteiger partial charge in [-0.15, -0.1) is 9.36 Å². The summed E-state index contributed by atoms with van der Waals surface area (Å²) >= 11 is 0. The van der Waals surface area contributed by atoms with Gasteiger partial charge in [0.25, 0.3) is 0 Å². The number of hydrogen-bond donors (Lipinski definition) is 0. The second-order valence-electron chi connectivity index (χ2n) is 3.46. The van der Waals surface area contributed by atoms with Gasteiger partial charge in [-0.25, -0.2) is 8.78 Å². The Morgan fingerprint density at radius 3 is 2.47 bits per heavy atom. The molecule has 0 N–H and O–H groups in total. The van der Waals surface area contributed by atoms with Crippen LogP contribution in [0.5, 0.6) is 0 Å². The largest absolute Gasteiger partial charge is 0.204 e. The van der Waals surface area contributed by atoms with Crippen molar-refractivity contribution in [2.75, 3.05) is 0 Å². The lowest BCUT2D eigenvalue weighted by molar-refractivity contribution is -0.744. The lowest BCUT2D eigenvalue weighted by atomic mass is 10.2. The third-order valence-electron chi connectivity index (χ3n) is 2.35. The molecule has 0 atom stereocenters. The number of aryl methyl sites for hydroxylation is 2. The van der Waals surface area contributed by atoms with E-state index in [0.29, 0.717) is 11.3 Å². The molecule has 0 saturated carbocycles. The molecule has 0 spiro atoms. The van der Waals surface area contributed by atoms with E-state index in [0.717, 1.165) is 0 Å². The van der Waals surface area contributed by atoms with E-state index in [9.17, 15) is 8.78 Å². The van der Waals surface area contributed by atoms with Gasteiger partial charge in [-0.2, -0.15) is 0 Å². The maximum absolute atomic E-state index is 13.1. The highest BCUT2D eigenvalue weighted by Gasteiger charge is 2.12. The molecule has 0 aliphatic heterocycles. The molecule has 15 heavy (non-hydrogen) atoms. The Labute approximate surface area is 86.4 Å². The Morgan fingerprint density at radius 1 is 1.20 bits per heavy atom. The quantitative estimate of drug-likeness (QED) is 0.634. The standard InChI is InChI=1S/C11H11F2N2/c1-8-6-9(12)10(13)7-11(8)15-5-3-4-14(15)2/h3-7H,1-2H3/q+1. The highest BCUT2D eigenvalue weighted by Crippen LogP contribution is 2.16. The van der Waals surface area contributed by atoms with Crippen LogP contribution in [0.4, 0.5) is 8.78 Å². The van der Waals surface area contributed by atoms with Crippen LogP contribution in [0.25, 0.3) is 5.69 Å². The van der Waals surface area contributed by atoms with Crippen molar-refractivity contribution in [3.8, 4) is 5.69 Å². The predicted molar refractivity (Wildman–Crippen MR) is 51.6 cm³/mol. The van der Waals surface area contributed by atoms with Crippen LogP contribution in [-0.2, 0) is 7.05 Å². The molecule has 0 amide bonds. The van der Waals surface area contributed by atoms with Crippen molar-refractivity contribution in [3.05, 3.63) is 47.8 Å². The molecule has 0 fully saturated rings. The van der Waals surface area contributed by atoms with E-state index in [2.05, 4.69) is 0 Å². The van der Waals surface area contributed by atoms with Crippen LogP contribution in [-0.4, -0.2) is 4.68 Å². The zero-order valence-electron chi connectivity index (χ0n) is 8.54. The van der Waals surface area contributed by atoms with Crippen LogP contribution in [0.1, 0.15) is 5.56 Å². The first-order valence-corrected chi connectivity index (χ1v) is 4.59. The molecule has 0 unspecified atom stereocenters. The zero-order chi connectivity index (χ0) is 11.0. The fourth-order valence-corrected chi connectivity index (χ4v) is 1.55. The molecule has 1 aromatic carbocycles. The lowest BCUT2D eigenvalue weighted by Crippen LogP contribution is -2.37. The minimum Gasteiger partial charge on any atom is -0.204 e. The third-order valence-corrected chi connectivity index (χ3v) is 2.35. The molecule has 0 saturated heterocycles. The molecule has 0 bridgehead atoms. The number of benzene rings is 1. The minimum atomic E-state index is -0.829. The molecule has 2 aromatic rings. The maximum atomic E-state index is 13.1. The molecule has 0 radical (unpaired) electrons. The van der Waals surface area contributed by atoms with Gasteiger partial charge in [-0.05, 0) is 18.6 Å². The smallest absolute Gasteiger partial charge is 0.195 e. The predicted octanol–water partition coefficient (Wildman–Crippen LogP) is 1.89. The Kier molecular flexibility index (Phi) is 2.26. The van der Waals surface area contributed by atoms with Gasteiger partial charge in [-0.1, -0.05) is 0 Å². The van der Waals surface area contributed by atoms with Crippen molar-refractivity contribution < 1.29 is 13.5 Å². The number of halogens is 2. The Bertz CT molecular complexity index is 503.